The number of para-hydroxylation sites is 1. The third-order valence-electron chi connectivity index (χ3n) is 4.85. The number of halogens is 1. The molecule has 4 rings (SSSR count). The van der Waals surface area contributed by atoms with Gasteiger partial charge in [0.05, 0.1) is 16.0 Å². The van der Waals surface area contributed by atoms with E-state index in [1.165, 1.54) is 28.6 Å². The largest absolute Gasteiger partial charge is 0.324 e. The number of aromatic nitrogens is 2. The van der Waals surface area contributed by atoms with Gasteiger partial charge >= 0.3 is 0 Å². The van der Waals surface area contributed by atoms with E-state index in [1.54, 1.807) is 29.8 Å². The molecule has 1 aromatic carbocycles. The number of nitrogens with zero attached hydrogens (tertiary/aromatic N) is 2. The maximum Gasteiger partial charge on any atom is 0.237 e. The lowest BCUT2D eigenvalue weighted by atomic mass is 9.89. The van der Waals surface area contributed by atoms with Crippen LogP contribution in [0.2, 0.25) is 5.02 Å². The highest BCUT2D eigenvalue weighted by Gasteiger charge is 2.25. The molecule has 2 atom stereocenters. The van der Waals surface area contributed by atoms with Gasteiger partial charge in [-0.05, 0) is 49.8 Å². The predicted molar refractivity (Wildman–Crippen MR) is 114 cm³/mol. The van der Waals surface area contributed by atoms with Crippen molar-refractivity contribution in [2.24, 2.45) is 5.92 Å². The normalized spacial score (nSPS) is 17.5. The molecule has 2 unspecified atom stereocenters. The second-order valence-corrected chi connectivity index (χ2v) is 9.76. The quantitative estimate of drug-likeness (QED) is 0.444. The second-order valence-electron chi connectivity index (χ2n) is 6.94. The number of hydrogen-bond donors (Lipinski definition) is 1. The van der Waals surface area contributed by atoms with Gasteiger partial charge in [0.25, 0.3) is 0 Å². The van der Waals surface area contributed by atoms with Crippen molar-refractivity contribution in [3.8, 4) is 0 Å². The van der Waals surface area contributed by atoms with Crippen LogP contribution in [0.1, 0.15) is 30.7 Å². The van der Waals surface area contributed by atoms with Crippen LogP contribution in [0.3, 0.4) is 0 Å². The maximum absolute atomic E-state index is 12.6. The van der Waals surface area contributed by atoms with E-state index in [-0.39, 0.29) is 11.2 Å². The van der Waals surface area contributed by atoms with Crippen LogP contribution in [-0.4, -0.2) is 21.1 Å². The Balaban J connectivity index is 1.58. The zero-order valence-electron chi connectivity index (χ0n) is 15.2. The second kappa shape index (κ2) is 7.78. The van der Waals surface area contributed by atoms with Crippen molar-refractivity contribution in [2.75, 3.05) is 5.32 Å². The third-order valence-corrected chi connectivity index (χ3v) is 7.44. The molecule has 1 aliphatic carbocycles. The highest BCUT2D eigenvalue weighted by Crippen LogP contribution is 2.41. The van der Waals surface area contributed by atoms with E-state index in [4.69, 9.17) is 11.6 Å². The summed E-state index contributed by atoms with van der Waals surface area (Å²) in [6, 6.07) is 7.26. The summed E-state index contributed by atoms with van der Waals surface area (Å²) < 4.78 is 0. The van der Waals surface area contributed by atoms with Gasteiger partial charge in [0, 0.05) is 10.3 Å². The molecule has 7 heteroatoms. The highest BCUT2D eigenvalue weighted by atomic mass is 35.5. The van der Waals surface area contributed by atoms with Crippen molar-refractivity contribution in [2.45, 2.75) is 43.4 Å². The van der Waals surface area contributed by atoms with Gasteiger partial charge in [-0.25, -0.2) is 9.97 Å². The van der Waals surface area contributed by atoms with Gasteiger partial charge in [-0.15, -0.1) is 11.3 Å². The summed E-state index contributed by atoms with van der Waals surface area (Å²) in [5, 5.41) is 5.19. The average Bonchev–Trinajstić information content (AvgIpc) is 3.01. The fourth-order valence-electron chi connectivity index (χ4n) is 3.35. The van der Waals surface area contributed by atoms with Crippen LogP contribution in [0.25, 0.3) is 10.2 Å². The monoisotopic (exact) mass is 417 g/mol. The molecule has 0 radical (unpaired) electrons. The van der Waals surface area contributed by atoms with Crippen LogP contribution in [0, 0.1) is 5.92 Å². The van der Waals surface area contributed by atoms with Crippen LogP contribution >= 0.6 is 34.7 Å². The SMILES string of the molecule is CC1CCc2c(sc3ncnc(SC(C)C(=O)Nc4ccccc4Cl)c23)C1. The number of amides is 1. The summed E-state index contributed by atoms with van der Waals surface area (Å²) >= 11 is 9.41. The summed E-state index contributed by atoms with van der Waals surface area (Å²) in [5.41, 5.74) is 2.02. The highest BCUT2D eigenvalue weighted by molar-refractivity contribution is 8.00. The van der Waals surface area contributed by atoms with Crippen LogP contribution < -0.4 is 5.32 Å². The summed E-state index contributed by atoms with van der Waals surface area (Å²) in [7, 11) is 0. The standard InChI is InChI=1S/C20H20ClN3OS2/c1-11-7-8-13-16(9-11)27-20-17(13)19(22-10-23-20)26-12(2)18(25)24-15-6-4-3-5-14(15)21/h3-6,10-12H,7-9H2,1-2H3,(H,24,25). The number of thioether (sulfide) groups is 1. The molecule has 0 saturated heterocycles. The summed E-state index contributed by atoms with van der Waals surface area (Å²) in [4.78, 5) is 24.1. The molecular weight excluding hydrogens is 398 g/mol. The van der Waals surface area contributed by atoms with Gasteiger partial charge in [-0.2, -0.15) is 0 Å². The molecule has 1 amide bonds. The lowest BCUT2D eigenvalue weighted by molar-refractivity contribution is -0.115. The Morgan fingerprint density at radius 2 is 2.19 bits per heavy atom. The van der Waals surface area contributed by atoms with E-state index in [0.29, 0.717) is 10.7 Å². The Kier molecular flexibility index (Phi) is 5.39. The maximum atomic E-state index is 12.6. The Labute approximate surface area is 171 Å². The lowest BCUT2D eigenvalue weighted by Crippen LogP contribution is -2.22. The summed E-state index contributed by atoms with van der Waals surface area (Å²) in [6.45, 7) is 4.20. The Hall–Kier alpha value is -1.63. The van der Waals surface area contributed by atoms with Crippen LogP contribution in [0.4, 0.5) is 5.69 Å². The van der Waals surface area contributed by atoms with Gasteiger partial charge in [0.15, 0.2) is 0 Å². The van der Waals surface area contributed by atoms with Gasteiger partial charge in [0.1, 0.15) is 16.2 Å². The lowest BCUT2D eigenvalue weighted by Gasteiger charge is -2.18. The molecule has 0 saturated carbocycles. The van der Waals surface area contributed by atoms with E-state index in [0.717, 1.165) is 34.0 Å². The smallest absolute Gasteiger partial charge is 0.237 e. The van der Waals surface area contributed by atoms with E-state index >= 15 is 0 Å². The molecule has 1 N–H and O–H groups in total. The number of nitrogens with one attached hydrogen (secondary N) is 1. The average molecular weight is 418 g/mol. The first kappa shape index (κ1) is 18.7. The third kappa shape index (κ3) is 3.84. The van der Waals surface area contributed by atoms with Crippen molar-refractivity contribution in [3.63, 3.8) is 0 Å². The van der Waals surface area contributed by atoms with Crippen molar-refractivity contribution >= 4 is 56.5 Å². The topological polar surface area (TPSA) is 54.9 Å². The molecule has 0 spiro atoms. The van der Waals surface area contributed by atoms with Crippen molar-refractivity contribution in [3.05, 3.63) is 46.1 Å². The minimum absolute atomic E-state index is 0.0856. The number of carbonyl (C=O) groups excluding carboxylic acids is 1. The summed E-state index contributed by atoms with van der Waals surface area (Å²) in [5.74, 6) is 0.632. The molecule has 4 nitrogen and oxygen atoms in total. The molecule has 0 bridgehead atoms. The van der Waals surface area contributed by atoms with Crippen molar-refractivity contribution in [1.82, 2.24) is 9.97 Å². The zero-order chi connectivity index (χ0) is 19.0. The molecular formula is C20H20ClN3OS2. The Bertz CT molecular complexity index is 1000. The number of aryl methyl sites for hydroxylation is 1. The van der Waals surface area contributed by atoms with Gasteiger partial charge < -0.3 is 5.32 Å². The number of hydrogen-bond acceptors (Lipinski definition) is 5. The van der Waals surface area contributed by atoms with E-state index < -0.39 is 0 Å². The van der Waals surface area contributed by atoms with Gasteiger partial charge in [0.2, 0.25) is 5.91 Å². The first-order valence-electron chi connectivity index (χ1n) is 9.00. The van der Waals surface area contributed by atoms with Gasteiger partial charge in [-0.3, -0.25) is 4.79 Å². The van der Waals surface area contributed by atoms with E-state index in [9.17, 15) is 4.79 Å². The van der Waals surface area contributed by atoms with E-state index in [1.807, 2.05) is 19.1 Å². The zero-order valence-corrected chi connectivity index (χ0v) is 17.5. The Morgan fingerprint density at radius 3 is 3.00 bits per heavy atom. The number of carbonyl (C=O) groups is 1. The molecule has 140 valence electrons. The molecule has 2 heterocycles. The van der Waals surface area contributed by atoms with Crippen molar-refractivity contribution < 1.29 is 4.79 Å². The molecule has 3 aromatic rings. The molecule has 1 aliphatic rings. The van der Waals surface area contributed by atoms with E-state index in [2.05, 4.69) is 22.2 Å². The minimum atomic E-state index is -0.294. The van der Waals surface area contributed by atoms with Gasteiger partial charge in [-0.1, -0.05) is 42.4 Å². The molecule has 2 aromatic heterocycles. The molecule has 27 heavy (non-hydrogen) atoms. The fourth-order valence-corrected chi connectivity index (χ4v) is 5.90. The number of thiophene rings is 1. The number of anilines is 1. The first-order chi connectivity index (χ1) is 13.0. The van der Waals surface area contributed by atoms with Crippen LogP contribution in [0.5, 0.6) is 0 Å². The molecule has 0 aliphatic heterocycles. The number of benzene rings is 1. The fraction of sp³-hybridized carbons (Fsp3) is 0.350. The predicted octanol–water partition coefficient (Wildman–Crippen LogP) is 5.59. The first-order valence-corrected chi connectivity index (χ1v) is 11.1. The number of fused-ring (bicyclic) bond motifs is 3. The summed E-state index contributed by atoms with van der Waals surface area (Å²) in [6.07, 6.45) is 4.98. The van der Waals surface area contributed by atoms with Crippen LogP contribution in [0.15, 0.2) is 35.6 Å². The van der Waals surface area contributed by atoms with Crippen molar-refractivity contribution in [1.29, 1.82) is 0 Å². The van der Waals surface area contributed by atoms with Crippen LogP contribution in [-0.2, 0) is 17.6 Å². The minimum Gasteiger partial charge on any atom is -0.324 e. The Morgan fingerprint density at radius 1 is 1.37 bits per heavy atom. The molecule has 0 fully saturated rings. The number of rotatable bonds is 4.